The van der Waals surface area contributed by atoms with E-state index < -0.39 is 16.3 Å². The number of benzene rings is 2. The van der Waals surface area contributed by atoms with Gasteiger partial charge in [-0.2, -0.15) is 9.71 Å². The molecule has 0 radical (unpaired) electrons. The van der Waals surface area contributed by atoms with Crippen molar-refractivity contribution < 1.29 is 27.2 Å². The van der Waals surface area contributed by atoms with E-state index in [2.05, 4.69) is 30.2 Å². The van der Waals surface area contributed by atoms with Gasteiger partial charge in [0.1, 0.15) is 23.8 Å². The predicted octanol–water partition coefficient (Wildman–Crippen LogP) is 2.63. The summed E-state index contributed by atoms with van der Waals surface area (Å²) < 4.78 is 38.5. The Balaban J connectivity index is 1.51. The van der Waals surface area contributed by atoms with Gasteiger partial charge in [0.2, 0.25) is 21.9 Å². The first-order valence-electron chi connectivity index (χ1n) is 10.3. The second-order valence-corrected chi connectivity index (χ2v) is 8.97. The van der Waals surface area contributed by atoms with Gasteiger partial charge in [-0.1, -0.05) is 6.07 Å². The Labute approximate surface area is 200 Å². The van der Waals surface area contributed by atoms with E-state index in [9.17, 15) is 13.2 Å². The average Bonchev–Trinajstić information content (AvgIpc) is 3.27. The number of carbonyl (C=O) groups excluding carboxylic acids is 1. The van der Waals surface area contributed by atoms with Gasteiger partial charge in [0.25, 0.3) is 5.91 Å². The van der Waals surface area contributed by atoms with E-state index in [1.165, 1.54) is 31.5 Å². The van der Waals surface area contributed by atoms with Crippen molar-refractivity contribution in [1.29, 1.82) is 0 Å². The maximum absolute atomic E-state index is 12.5. The van der Waals surface area contributed by atoms with Crippen molar-refractivity contribution in [3.05, 3.63) is 66.6 Å². The first-order chi connectivity index (χ1) is 16.8. The molecule has 35 heavy (non-hydrogen) atoms. The number of fused-ring (bicyclic) bond motifs is 1. The molecular weight excluding hydrogens is 476 g/mol. The predicted molar refractivity (Wildman–Crippen MR) is 126 cm³/mol. The maximum atomic E-state index is 12.5. The topological polar surface area (TPSA) is 171 Å². The molecule has 0 aliphatic rings. The van der Waals surface area contributed by atoms with Crippen molar-refractivity contribution in [2.24, 2.45) is 5.90 Å². The molecule has 0 bridgehead atoms. The fourth-order valence-corrected chi connectivity index (χ4v) is 4.32. The molecule has 13 heteroatoms. The number of aromatic nitrogens is 2. The SMILES string of the molecule is CNC(=O)c1coc2cc(Oc3ccnc(Nc4cccc(S(=O)(=O)NC(C)ON)c4)n3)ccc12. The highest BCUT2D eigenvalue weighted by atomic mass is 32.2. The molecule has 0 aliphatic heterocycles. The highest BCUT2D eigenvalue weighted by Crippen LogP contribution is 2.28. The molecule has 182 valence electrons. The Morgan fingerprint density at radius 3 is 2.77 bits per heavy atom. The maximum Gasteiger partial charge on any atom is 0.254 e. The third kappa shape index (κ3) is 5.55. The van der Waals surface area contributed by atoms with Crippen LogP contribution in [0.15, 0.2) is 70.3 Å². The van der Waals surface area contributed by atoms with Crippen LogP contribution in [0.25, 0.3) is 11.0 Å². The number of amides is 1. The Morgan fingerprint density at radius 2 is 2.00 bits per heavy atom. The number of furan rings is 1. The second kappa shape index (κ2) is 10.1. The Bertz CT molecular complexity index is 1470. The number of carbonyl (C=O) groups is 1. The number of sulfonamides is 1. The van der Waals surface area contributed by atoms with E-state index in [1.54, 1.807) is 43.4 Å². The second-order valence-electron chi connectivity index (χ2n) is 7.26. The summed E-state index contributed by atoms with van der Waals surface area (Å²) in [6, 6.07) is 12.7. The third-order valence-electron chi connectivity index (χ3n) is 4.80. The lowest BCUT2D eigenvalue weighted by Gasteiger charge is -2.13. The molecule has 1 amide bonds. The lowest BCUT2D eigenvalue weighted by Crippen LogP contribution is -2.36. The summed E-state index contributed by atoms with van der Waals surface area (Å²) in [7, 11) is -2.31. The molecule has 1 atom stereocenters. The van der Waals surface area contributed by atoms with Gasteiger partial charge in [-0.25, -0.2) is 19.3 Å². The van der Waals surface area contributed by atoms with E-state index >= 15 is 0 Å². The van der Waals surface area contributed by atoms with Gasteiger partial charge in [-0.05, 0) is 37.3 Å². The van der Waals surface area contributed by atoms with E-state index in [1.807, 2.05) is 0 Å². The standard InChI is InChI=1S/C22H22N6O6S/c1-13(34-23)28-35(30,31)16-5-3-4-14(10-16)26-22-25-9-8-20(27-22)33-15-6-7-17-18(21(29)24-2)12-32-19(17)11-15/h3-13,28H,23H2,1-2H3,(H,24,29)(H,25,26,27). The summed E-state index contributed by atoms with van der Waals surface area (Å²) in [4.78, 5) is 24.8. The highest BCUT2D eigenvalue weighted by Gasteiger charge is 2.18. The van der Waals surface area contributed by atoms with E-state index in [0.717, 1.165) is 0 Å². The van der Waals surface area contributed by atoms with Crippen molar-refractivity contribution in [3.8, 4) is 11.6 Å². The summed E-state index contributed by atoms with van der Waals surface area (Å²) >= 11 is 0. The molecule has 2 heterocycles. The lowest BCUT2D eigenvalue weighted by atomic mass is 10.1. The van der Waals surface area contributed by atoms with Gasteiger partial charge in [0.15, 0.2) is 0 Å². The van der Waals surface area contributed by atoms with Crippen molar-refractivity contribution >= 4 is 38.5 Å². The zero-order chi connectivity index (χ0) is 25.0. The molecule has 0 spiro atoms. The zero-order valence-corrected chi connectivity index (χ0v) is 19.5. The van der Waals surface area contributed by atoms with Crippen LogP contribution in [0.4, 0.5) is 11.6 Å². The minimum absolute atomic E-state index is 0.00155. The van der Waals surface area contributed by atoms with Crippen molar-refractivity contribution in [2.75, 3.05) is 12.4 Å². The van der Waals surface area contributed by atoms with Crippen LogP contribution >= 0.6 is 0 Å². The Hall–Kier alpha value is -4.04. The normalized spacial score (nSPS) is 12.3. The third-order valence-corrected chi connectivity index (χ3v) is 6.31. The van der Waals surface area contributed by atoms with Crippen LogP contribution < -0.4 is 26.0 Å². The van der Waals surface area contributed by atoms with E-state index in [0.29, 0.717) is 28.0 Å². The largest absolute Gasteiger partial charge is 0.463 e. The molecular formula is C22H22N6O6S. The van der Waals surface area contributed by atoms with Crippen molar-refractivity contribution in [2.45, 2.75) is 18.0 Å². The number of hydrogen-bond donors (Lipinski definition) is 4. The summed E-state index contributed by atoms with van der Waals surface area (Å²) in [5, 5.41) is 6.16. The van der Waals surface area contributed by atoms with Crippen LogP contribution in [0.1, 0.15) is 17.3 Å². The van der Waals surface area contributed by atoms with Crippen LogP contribution in [0.5, 0.6) is 11.6 Å². The van der Waals surface area contributed by atoms with E-state index in [4.69, 9.17) is 15.1 Å². The highest BCUT2D eigenvalue weighted by molar-refractivity contribution is 7.89. The lowest BCUT2D eigenvalue weighted by molar-refractivity contribution is 0.0592. The number of rotatable bonds is 9. The molecule has 0 fully saturated rings. The molecule has 1 unspecified atom stereocenters. The van der Waals surface area contributed by atoms with E-state index in [-0.39, 0.29) is 22.6 Å². The van der Waals surface area contributed by atoms with Crippen LogP contribution in [-0.2, 0) is 14.9 Å². The van der Waals surface area contributed by atoms with Gasteiger partial charge < -0.3 is 19.8 Å². The summed E-state index contributed by atoms with van der Waals surface area (Å²) in [5.74, 6) is 5.63. The quantitative estimate of drug-likeness (QED) is 0.199. The number of nitrogens with zero attached hydrogens (tertiary/aromatic N) is 2. The molecule has 2 aromatic carbocycles. The molecule has 0 saturated heterocycles. The molecule has 5 N–H and O–H groups in total. The fourth-order valence-electron chi connectivity index (χ4n) is 3.15. The molecule has 12 nitrogen and oxygen atoms in total. The minimum Gasteiger partial charge on any atom is -0.463 e. The molecule has 0 aliphatic carbocycles. The van der Waals surface area contributed by atoms with Crippen molar-refractivity contribution in [1.82, 2.24) is 20.0 Å². The average molecular weight is 499 g/mol. The van der Waals surface area contributed by atoms with Gasteiger partial charge in [-0.3, -0.25) is 9.63 Å². The number of ether oxygens (including phenoxy) is 1. The molecule has 4 rings (SSSR count). The van der Waals surface area contributed by atoms with Gasteiger partial charge in [0, 0.05) is 36.5 Å². The van der Waals surface area contributed by atoms with Crippen molar-refractivity contribution in [3.63, 3.8) is 0 Å². The molecule has 2 aromatic heterocycles. The monoisotopic (exact) mass is 498 g/mol. The number of hydrogen-bond acceptors (Lipinski definition) is 10. The number of anilines is 2. The first kappa shape index (κ1) is 24.1. The van der Waals surface area contributed by atoms with Crippen LogP contribution in [0, 0.1) is 0 Å². The molecule has 4 aromatic rings. The van der Waals surface area contributed by atoms with Gasteiger partial charge >= 0.3 is 0 Å². The van der Waals surface area contributed by atoms with Gasteiger partial charge in [0.05, 0.1) is 10.5 Å². The number of nitrogens with two attached hydrogens (primary N) is 1. The van der Waals surface area contributed by atoms with Crippen LogP contribution in [0.3, 0.4) is 0 Å². The fraction of sp³-hybridized carbons (Fsp3) is 0.136. The summed E-state index contributed by atoms with van der Waals surface area (Å²) in [5.41, 5.74) is 1.34. The Kier molecular flexibility index (Phi) is 6.93. The molecule has 0 saturated carbocycles. The first-order valence-corrected chi connectivity index (χ1v) is 11.8. The number of nitrogens with one attached hydrogen (secondary N) is 3. The minimum atomic E-state index is -3.85. The Morgan fingerprint density at radius 1 is 1.17 bits per heavy atom. The van der Waals surface area contributed by atoms with Gasteiger partial charge in [-0.15, -0.1) is 0 Å². The smallest absolute Gasteiger partial charge is 0.254 e. The zero-order valence-electron chi connectivity index (χ0n) is 18.7. The van der Waals surface area contributed by atoms with Crippen LogP contribution in [-0.4, -0.2) is 37.6 Å². The summed E-state index contributed by atoms with van der Waals surface area (Å²) in [6.45, 7) is 1.46. The summed E-state index contributed by atoms with van der Waals surface area (Å²) in [6.07, 6.45) is 1.97. The van der Waals surface area contributed by atoms with Crippen LogP contribution in [0.2, 0.25) is 0 Å².